The number of carbonyl (C=O) groups excluding carboxylic acids is 2. The summed E-state index contributed by atoms with van der Waals surface area (Å²) in [6.07, 6.45) is 4.17. The number of rotatable bonds is 8. The highest BCUT2D eigenvalue weighted by atomic mass is 28.3. The van der Waals surface area contributed by atoms with Crippen molar-refractivity contribution in [3.8, 4) is 0 Å². The minimum atomic E-state index is -1.27. The summed E-state index contributed by atoms with van der Waals surface area (Å²) in [5.41, 5.74) is 1.59. The van der Waals surface area contributed by atoms with Gasteiger partial charge in [-0.25, -0.2) is 9.59 Å². The molecule has 0 atom stereocenters. The van der Waals surface area contributed by atoms with E-state index >= 15 is 0 Å². The van der Waals surface area contributed by atoms with E-state index in [0.29, 0.717) is 13.2 Å². The van der Waals surface area contributed by atoms with Crippen LogP contribution >= 0.6 is 0 Å². The molecular formula is C22H34N2O4Si2. The van der Waals surface area contributed by atoms with Gasteiger partial charge in [0, 0.05) is 39.5 Å². The lowest BCUT2D eigenvalue weighted by molar-refractivity contribution is 0.154. The van der Waals surface area contributed by atoms with Crippen LogP contribution in [-0.2, 0) is 9.47 Å². The molecule has 2 rings (SSSR count). The van der Waals surface area contributed by atoms with Crippen molar-refractivity contribution in [2.75, 3.05) is 13.2 Å². The van der Waals surface area contributed by atoms with Crippen molar-refractivity contribution in [1.29, 1.82) is 0 Å². The lowest BCUT2D eigenvalue weighted by Gasteiger charge is -2.15. The van der Waals surface area contributed by atoms with Gasteiger partial charge in [0.15, 0.2) is 0 Å². The zero-order valence-electron chi connectivity index (χ0n) is 19.0. The quantitative estimate of drug-likeness (QED) is 0.505. The summed E-state index contributed by atoms with van der Waals surface area (Å²) in [6, 6.07) is 9.47. The number of nitrogens with one attached hydrogen (secondary N) is 1. The highest BCUT2D eigenvalue weighted by molar-refractivity contribution is 6.76. The fourth-order valence-corrected chi connectivity index (χ4v) is 4.12. The second kappa shape index (κ2) is 10.1. The normalized spacial score (nSPS) is 12.3. The summed E-state index contributed by atoms with van der Waals surface area (Å²) < 4.78 is 12.2. The standard InChI is InChI=1S/C22H34N2O4Si2/c1-29(2,3)15-13-27-21(25)23-12-11-18-17-24(20-10-8-7-9-19(18)20)22(26)28-14-16-30(4,5)6/h7-12,17H,13-16H2,1-6H3,(H,23,25)/b12-11-. The molecule has 0 bridgehead atoms. The summed E-state index contributed by atoms with van der Waals surface area (Å²) in [7, 11) is -2.50. The number of ether oxygens (including phenoxy) is 2. The van der Waals surface area contributed by atoms with Crippen LogP contribution in [0.3, 0.4) is 0 Å². The minimum Gasteiger partial charge on any atom is -0.450 e. The fraction of sp³-hybridized carbons (Fsp3) is 0.455. The Kier molecular flexibility index (Phi) is 8.08. The van der Waals surface area contributed by atoms with Crippen molar-refractivity contribution < 1.29 is 19.1 Å². The Hall–Kier alpha value is -2.33. The Bertz CT molecular complexity index is 908. The van der Waals surface area contributed by atoms with E-state index in [9.17, 15) is 9.59 Å². The third-order valence-electron chi connectivity index (χ3n) is 4.57. The highest BCUT2D eigenvalue weighted by Crippen LogP contribution is 2.23. The predicted molar refractivity (Wildman–Crippen MR) is 129 cm³/mol. The zero-order valence-corrected chi connectivity index (χ0v) is 21.0. The summed E-state index contributed by atoms with van der Waals surface area (Å²) in [4.78, 5) is 24.4. The number of benzene rings is 1. The van der Waals surface area contributed by atoms with E-state index in [0.717, 1.165) is 28.6 Å². The van der Waals surface area contributed by atoms with E-state index < -0.39 is 22.2 Å². The van der Waals surface area contributed by atoms with Gasteiger partial charge >= 0.3 is 12.2 Å². The van der Waals surface area contributed by atoms with Gasteiger partial charge in [0.1, 0.15) is 0 Å². The lowest BCUT2D eigenvalue weighted by atomic mass is 10.2. The van der Waals surface area contributed by atoms with Gasteiger partial charge in [-0.15, -0.1) is 0 Å². The Balaban J connectivity index is 2.03. The molecule has 30 heavy (non-hydrogen) atoms. The molecule has 8 heteroatoms. The topological polar surface area (TPSA) is 69.6 Å². The number of amides is 1. The Morgan fingerprint density at radius 1 is 0.967 bits per heavy atom. The lowest BCUT2D eigenvalue weighted by Crippen LogP contribution is -2.25. The number of nitrogens with zero attached hydrogens (tertiary/aromatic N) is 1. The second-order valence-electron chi connectivity index (χ2n) is 9.82. The first-order valence-corrected chi connectivity index (χ1v) is 17.7. The van der Waals surface area contributed by atoms with Crippen LogP contribution in [0.4, 0.5) is 9.59 Å². The molecule has 164 valence electrons. The first-order chi connectivity index (χ1) is 14.0. The third kappa shape index (κ3) is 7.83. The Labute approximate surface area is 181 Å². The van der Waals surface area contributed by atoms with E-state index in [-0.39, 0.29) is 6.09 Å². The van der Waals surface area contributed by atoms with Crippen molar-refractivity contribution >= 4 is 45.3 Å². The van der Waals surface area contributed by atoms with Crippen molar-refractivity contribution in [3.05, 3.63) is 42.2 Å². The van der Waals surface area contributed by atoms with E-state index in [1.54, 1.807) is 18.5 Å². The van der Waals surface area contributed by atoms with Gasteiger partial charge in [-0.1, -0.05) is 57.5 Å². The van der Waals surface area contributed by atoms with Gasteiger partial charge in [-0.2, -0.15) is 0 Å². The monoisotopic (exact) mass is 446 g/mol. The number of hydrogen-bond acceptors (Lipinski definition) is 4. The predicted octanol–water partition coefficient (Wildman–Crippen LogP) is 6.00. The average molecular weight is 447 g/mol. The molecule has 1 amide bonds. The van der Waals surface area contributed by atoms with Crippen LogP contribution in [0.25, 0.3) is 17.0 Å². The number of hydrogen-bond donors (Lipinski definition) is 1. The number of fused-ring (bicyclic) bond motifs is 1. The summed E-state index contributed by atoms with van der Waals surface area (Å²) in [5, 5.41) is 3.53. The van der Waals surface area contributed by atoms with Gasteiger partial charge in [0.25, 0.3) is 0 Å². The maximum atomic E-state index is 12.6. The van der Waals surface area contributed by atoms with Crippen LogP contribution in [0.1, 0.15) is 5.56 Å². The van der Waals surface area contributed by atoms with Gasteiger partial charge in [-0.05, 0) is 24.2 Å². The number of carbonyl (C=O) groups is 2. The van der Waals surface area contributed by atoms with E-state index in [1.807, 2.05) is 24.3 Å². The van der Waals surface area contributed by atoms with Crippen molar-refractivity contribution in [2.45, 2.75) is 51.4 Å². The molecule has 1 aromatic carbocycles. The SMILES string of the molecule is C[Si](C)(C)CCOC(=O)N/C=C\c1cn(C(=O)OCC[Si](C)(C)C)c2ccccc12. The summed E-state index contributed by atoms with van der Waals surface area (Å²) in [5.74, 6) is 0. The first kappa shape index (κ1) is 23.9. The minimum absolute atomic E-state index is 0.386. The maximum absolute atomic E-state index is 12.6. The molecule has 0 fully saturated rings. The number of para-hydroxylation sites is 1. The van der Waals surface area contributed by atoms with Gasteiger partial charge in [0.05, 0.1) is 18.7 Å². The van der Waals surface area contributed by atoms with E-state index in [4.69, 9.17) is 9.47 Å². The molecule has 6 nitrogen and oxygen atoms in total. The molecule has 0 saturated heterocycles. The van der Waals surface area contributed by atoms with Gasteiger partial charge in [0.2, 0.25) is 0 Å². The molecule has 2 aromatic rings. The van der Waals surface area contributed by atoms with Crippen LogP contribution in [0.15, 0.2) is 36.7 Å². The highest BCUT2D eigenvalue weighted by Gasteiger charge is 2.17. The number of aromatic nitrogens is 1. The molecule has 0 spiro atoms. The first-order valence-electron chi connectivity index (χ1n) is 10.3. The molecule has 0 aliphatic heterocycles. The zero-order chi connectivity index (χ0) is 22.4. The van der Waals surface area contributed by atoms with Crippen LogP contribution < -0.4 is 5.32 Å². The smallest absolute Gasteiger partial charge is 0.418 e. The van der Waals surface area contributed by atoms with E-state index in [1.165, 1.54) is 4.57 Å². The molecule has 0 radical (unpaired) electrons. The Morgan fingerprint density at radius 3 is 2.20 bits per heavy atom. The number of alkyl carbamates (subject to hydrolysis) is 1. The Morgan fingerprint density at radius 2 is 1.57 bits per heavy atom. The second-order valence-corrected chi connectivity index (χ2v) is 21.1. The van der Waals surface area contributed by atoms with Crippen LogP contribution in [0.5, 0.6) is 0 Å². The molecule has 1 heterocycles. The van der Waals surface area contributed by atoms with Crippen molar-refractivity contribution in [1.82, 2.24) is 9.88 Å². The van der Waals surface area contributed by atoms with Crippen molar-refractivity contribution in [3.63, 3.8) is 0 Å². The van der Waals surface area contributed by atoms with Gasteiger partial charge < -0.3 is 9.47 Å². The maximum Gasteiger partial charge on any atom is 0.418 e. The average Bonchev–Trinajstić information content (AvgIpc) is 2.98. The van der Waals surface area contributed by atoms with Gasteiger partial charge in [-0.3, -0.25) is 9.88 Å². The van der Waals surface area contributed by atoms with Crippen LogP contribution in [0, 0.1) is 0 Å². The molecule has 1 N–H and O–H groups in total. The van der Waals surface area contributed by atoms with Crippen LogP contribution in [0.2, 0.25) is 51.4 Å². The van der Waals surface area contributed by atoms with E-state index in [2.05, 4.69) is 44.6 Å². The third-order valence-corrected chi connectivity index (χ3v) is 7.97. The largest absolute Gasteiger partial charge is 0.450 e. The summed E-state index contributed by atoms with van der Waals surface area (Å²) in [6.45, 7) is 14.3. The molecular weight excluding hydrogens is 412 g/mol. The van der Waals surface area contributed by atoms with Crippen LogP contribution in [-0.4, -0.2) is 46.1 Å². The fourth-order valence-electron chi connectivity index (χ4n) is 2.69. The molecule has 0 unspecified atom stereocenters. The van der Waals surface area contributed by atoms with Crippen molar-refractivity contribution in [2.24, 2.45) is 0 Å². The molecule has 0 aliphatic rings. The molecule has 1 aromatic heterocycles. The molecule has 0 aliphatic carbocycles. The summed E-state index contributed by atoms with van der Waals surface area (Å²) >= 11 is 0. The molecule has 0 saturated carbocycles.